The zero-order valence-corrected chi connectivity index (χ0v) is 11.7. The Bertz CT molecular complexity index is 555. The highest BCUT2D eigenvalue weighted by molar-refractivity contribution is 5.96. The molecule has 0 spiro atoms. The van der Waals surface area contributed by atoms with Crippen LogP contribution in [0.15, 0.2) is 24.3 Å². The van der Waals surface area contributed by atoms with Crippen LogP contribution in [0.3, 0.4) is 0 Å². The van der Waals surface area contributed by atoms with Crippen molar-refractivity contribution in [2.45, 2.75) is 18.6 Å². The molecular weight excluding hydrogens is 299 g/mol. The first-order valence-electron chi connectivity index (χ1n) is 6.82. The van der Waals surface area contributed by atoms with Gasteiger partial charge < -0.3 is 16.0 Å². The molecule has 0 unspecified atom stereocenters. The summed E-state index contributed by atoms with van der Waals surface area (Å²) in [4.78, 5) is 23.4. The summed E-state index contributed by atoms with van der Waals surface area (Å²) in [6.07, 6.45) is -3.70. The topological polar surface area (TPSA) is 70.2 Å². The molecule has 8 heteroatoms. The first-order valence-corrected chi connectivity index (χ1v) is 6.82. The average molecular weight is 315 g/mol. The number of carbonyl (C=O) groups excluding carboxylic acids is 2. The Morgan fingerprint density at radius 1 is 1.32 bits per heavy atom. The fraction of sp³-hybridized carbons (Fsp3) is 0.429. The maximum atomic E-state index is 12.6. The molecule has 1 aromatic carbocycles. The van der Waals surface area contributed by atoms with Crippen LogP contribution in [0.1, 0.15) is 22.3 Å². The summed E-state index contributed by atoms with van der Waals surface area (Å²) in [5.74, 6) is -1.08. The molecule has 1 aliphatic heterocycles. The molecule has 2 amide bonds. The standard InChI is InChI=1S/C14H16F3N3O2/c15-14(16,17)10-3-1-2-9(6-10)13(22)19-8-12(21)20-11-4-5-18-7-11/h1-3,6,11,18H,4-5,7-8H2,(H,19,22)(H,20,21)/t11-/m0/s1. The van der Waals surface area contributed by atoms with Gasteiger partial charge in [-0.05, 0) is 31.2 Å². The van der Waals surface area contributed by atoms with E-state index in [1.54, 1.807) is 0 Å². The summed E-state index contributed by atoms with van der Waals surface area (Å²) in [5, 5.41) is 8.12. The zero-order valence-electron chi connectivity index (χ0n) is 11.7. The Kier molecular flexibility index (Phi) is 5.02. The molecule has 2 rings (SSSR count). The van der Waals surface area contributed by atoms with Gasteiger partial charge in [0.25, 0.3) is 5.91 Å². The summed E-state index contributed by atoms with van der Waals surface area (Å²) in [6.45, 7) is 1.22. The van der Waals surface area contributed by atoms with Crippen molar-refractivity contribution in [3.63, 3.8) is 0 Å². The molecule has 0 aliphatic carbocycles. The van der Waals surface area contributed by atoms with E-state index in [0.717, 1.165) is 31.2 Å². The van der Waals surface area contributed by atoms with Gasteiger partial charge in [0, 0.05) is 18.2 Å². The maximum Gasteiger partial charge on any atom is 0.416 e. The molecule has 0 saturated carbocycles. The van der Waals surface area contributed by atoms with Gasteiger partial charge in [0.1, 0.15) is 0 Å². The molecule has 1 saturated heterocycles. The Morgan fingerprint density at radius 3 is 2.73 bits per heavy atom. The molecule has 1 atom stereocenters. The number of halogens is 3. The second-order valence-corrected chi connectivity index (χ2v) is 5.02. The van der Waals surface area contributed by atoms with Crippen LogP contribution in [0.25, 0.3) is 0 Å². The molecule has 5 nitrogen and oxygen atoms in total. The minimum absolute atomic E-state index is 0.0259. The van der Waals surface area contributed by atoms with E-state index in [-0.39, 0.29) is 24.1 Å². The lowest BCUT2D eigenvalue weighted by Crippen LogP contribution is -2.42. The van der Waals surface area contributed by atoms with Crippen molar-refractivity contribution in [1.29, 1.82) is 0 Å². The quantitative estimate of drug-likeness (QED) is 0.774. The fourth-order valence-corrected chi connectivity index (χ4v) is 2.16. The Balaban J connectivity index is 1.88. The van der Waals surface area contributed by atoms with Gasteiger partial charge in [0.2, 0.25) is 5.91 Å². The van der Waals surface area contributed by atoms with Gasteiger partial charge in [-0.3, -0.25) is 9.59 Å². The maximum absolute atomic E-state index is 12.6. The number of benzene rings is 1. The van der Waals surface area contributed by atoms with Crippen molar-refractivity contribution in [3.8, 4) is 0 Å². The van der Waals surface area contributed by atoms with E-state index in [1.807, 2.05) is 0 Å². The summed E-state index contributed by atoms with van der Waals surface area (Å²) < 4.78 is 37.7. The van der Waals surface area contributed by atoms with Crippen molar-refractivity contribution < 1.29 is 22.8 Å². The van der Waals surface area contributed by atoms with E-state index < -0.39 is 17.6 Å². The highest BCUT2D eigenvalue weighted by atomic mass is 19.4. The molecule has 22 heavy (non-hydrogen) atoms. The van der Waals surface area contributed by atoms with Crippen LogP contribution in [0.4, 0.5) is 13.2 Å². The van der Waals surface area contributed by atoms with E-state index in [9.17, 15) is 22.8 Å². The van der Waals surface area contributed by atoms with Gasteiger partial charge >= 0.3 is 6.18 Å². The van der Waals surface area contributed by atoms with E-state index in [2.05, 4.69) is 16.0 Å². The van der Waals surface area contributed by atoms with Gasteiger partial charge in [0.05, 0.1) is 12.1 Å². The van der Waals surface area contributed by atoms with E-state index in [0.29, 0.717) is 6.54 Å². The van der Waals surface area contributed by atoms with Gasteiger partial charge in [-0.2, -0.15) is 13.2 Å². The summed E-state index contributed by atoms with van der Waals surface area (Å²) in [6, 6.07) is 4.09. The van der Waals surface area contributed by atoms with Crippen LogP contribution in [0.5, 0.6) is 0 Å². The molecule has 1 heterocycles. The van der Waals surface area contributed by atoms with Crippen molar-refractivity contribution >= 4 is 11.8 Å². The zero-order chi connectivity index (χ0) is 16.2. The average Bonchev–Trinajstić information content (AvgIpc) is 2.97. The smallest absolute Gasteiger partial charge is 0.351 e. The molecule has 1 aliphatic rings. The molecule has 120 valence electrons. The van der Waals surface area contributed by atoms with Crippen LogP contribution in [0.2, 0.25) is 0 Å². The van der Waals surface area contributed by atoms with Crippen LogP contribution in [0, 0.1) is 0 Å². The first kappa shape index (κ1) is 16.3. The molecule has 0 aromatic heterocycles. The Labute approximate surface area is 125 Å². The molecule has 1 fully saturated rings. The lowest BCUT2D eigenvalue weighted by molar-refractivity contribution is -0.137. The largest absolute Gasteiger partial charge is 0.416 e. The van der Waals surface area contributed by atoms with Crippen molar-refractivity contribution in [1.82, 2.24) is 16.0 Å². The number of nitrogens with one attached hydrogen (secondary N) is 3. The lowest BCUT2D eigenvalue weighted by Gasteiger charge is -2.12. The van der Waals surface area contributed by atoms with Crippen LogP contribution in [-0.2, 0) is 11.0 Å². The second-order valence-electron chi connectivity index (χ2n) is 5.02. The SMILES string of the molecule is O=C(CNC(=O)c1cccc(C(F)(F)F)c1)N[C@H]1CCNC1. The molecule has 0 bridgehead atoms. The monoisotopic (exact) mass is 315 g/mol. The number of carbonyl (C=O) groups is 2. The molecule has 0 radical (unpaired) electrons. The van der Waals surface area contributed by atoms with E-state index in [1.165, 1.54) is 6.07 Å². The lowest BCUT2D eigenvalue weighted by atomic mass is 10.1. The number of rotatable bonds is 4. The molecule has 1 aromatic rings. The number of hydrogen-bond acceptors (Lipinski definition) is 3. The minimum Gasteiger partial charge on any atom is -0.351 e. The second kappa shape index (κ2) is 6.78. The fourth-order valence-electron chi connectivity index (χ4n) is 2.16. The number of hydrogen-bond donors (Lipinski definition) is 3. The summed E-state index contributed by atoms with van der Waals surface area (Å²) in [7, 11) is 0. The summed E-state index contributed by atoms with van der Waals surface area (Å²) >= 11 is 0. The van der Waals surface area contributed by atoms with Gasteiger partial charge in [-0.15, -0.1) is 0 Å². The normalized spacial score (nSPS) is 18.0. The Morgan fingerprint density at radius 2 is 2.09 bits per heavy atom. The number of amides is 2. The number of alkyl halides is 3. The highest BCUT2D eigenvalue weighted by Gasteiger charge is 2.30. The van der Waals surface area contributed by atoms with E-state index in [4.69, 9.17) is 0 Å². The van der Waals surface area contributed by atoms with Crippen LogP contribution >= 0.6 is 0 Å². The Hall–Kier alpha value is -2.09. The third-order valence-corrected chi connectivity index (χ3v) is 3.29. The van der Waals surface area contributed by atoms with Crippen LogP contribution < -0.4 is 16.0 Å². The predicted molar refractivity (Wildman–Crippen MR) is 73.2 cm³/mol. The van der Waals surface area contributed by atoms with Gasteiger partial charge in [-0.25, -0.2) is 0 Å². The summed E-state index contributed by atoms with van der Waals surface area (Å²) in [5.41, 5.74) is -1.04. The predicted octanol–water partition coefficient (Wildman–Crippen LogP) is 0.913. The highest BCUT2D eigenvalue weighted by Crippen LogP contribution is 2.29. The molecule has 3 N–H and O–H groups in total. The molecular formula is C14H16F3N3O2. The van der Waals surface area contributed by atoms with Crippen molar-refractivity contribution in [2.24, 2.45) is 0 Å². The third kappa shape index (κ3) is 4.45. The minimum atomic E-state index is -4.51. The van der Waals surface area contributed by atoms with Crippen molar-refractivity contribution in [2.75, 3.05) is 19.6 Å². The van der Waals surface area contributed by atoms with Crippen LogP contribution in [-0.4, -0.2) is 37.5 Å². The first-order chi connectivity index (χ1) is 10.4. The van der Waals surface area contributed by atoms with Gasteiger partial charge in [0.15, 0.2) is 0 Å². The van der Waals surface area contributed by atoms with E-state index >= 15 is 0 Å². The van der Waals surface area contributed by atoms with Crippen molar-refractivity contribution in [3.05, 3.63) is 35.4 Å². The van der Waals surface area contributed by atoms with Gasteiger partial charge in [-0.1, -0.05) is 6.07 Å². The third-order valence-electron chi connectivity index (χ3n) is 3.29.